The first-order valence-corrected chi connectivity index (χ1v) is 5.64. The van der Waals surface area contributed by atoms with Gasteiger partial charge in [0.05, 0.1) is 5.52 Å². The normalized spacial score (nSPS) is 11.2. The summed E-state index contributed by atoms with van der Waals surface area (Å²) in [6, 6.07) is 4.66. The van der Waals surface area contributed by atoms with Crippen molar-refractivity contribution in [1.82, 2.24) is 4.98 Å². The minimum atomic E-state index is -0.620. The van der Waals surface area contributed by atoms with Gasteiger partial charge in [-0.05, 0) is 31.2 Å². The summed E-state index contributed by atoms with van der Waals surface area (Å²) in [5.74, 6) is -0.891. The predicted octanol–water partition coefficient (Wildman–Crippen LogP) is 2.65. The van der Waals surface area contributed by atoms with Gasteiger partial charge >= 0.3 is 0 Å². The second kappa shape index (κ2) is 4.66. The summed E-state index contributed by atoms with van der Waals surface area (Å²) >= 11 is 5.82. The quantitative estimate of drug-likeness (QED) is 0.646. The van der Waals surface area contributed by atoms with Gasteiger partial charge in [-0.25, -0.2) is 0 Å². The van der Waals surface area contributed by atoms with E-state index in [0.717, 1.165) is 0 Å². The minimum Gasteiger partial charge on any atom is -0.506 e. The maximum atomic E-state index is 11.8. The Labute approximate surface area is 108 Å². The number of pyridine rings is 1. The lowest BCUT2D eigenvalue weighted by molar-refractivity contribution is 0.104. The van der Waals surface area contributed by atoms with Crippen molar-refractivity contribution >= 4 is 28.3 Å². The third kappa shape index (κ3) is 2.02. The number of hydrogen-bond donors (Lipinski definition) is 2. The van der Waals surface area contributed by atoms with Gasteiger partial charge in [0.15, 0.2) is 5.78 Å². The molecule has 2 N–H and O–H groups in total. The topological polar surface area (TPSA) is 70.2 Å². The van der Waals surface area contributed by atoms with Crippen LogP contribution in [-0.4, -0.2) is 15.9 Å². The van der Waals surface area contributed by atoms with Crippen molar-refractivity contribution in [1.29, 1.82) is 0 Å². The van der Waals surface area contributed by atoms with Crippen molar-refractivity contribution in [3.8, 4) is 5.75 Å². The Kier molecular flexibility index (Phi) is 3.21. The molecule has 2 aromatic rings. The lowest BCUT2D eigenvalue weighted by atomic mass is 10.1. The summed E-state index contributed by atoms with van der Waals surface area (Å²) in [7, 11) is 0. The standard InChI is InChI=1S/C13H10ClNO3/c1-2-3-10(16)11-12(17)8-6-7(14)4-5-9(8)15-13(11)18/h2-6H,1H3,(H2,15,17,18)/b3-2+. The first-order chi connectivity index (χ1) is 8.54. The molecular formula is C13H10ClNO3. The molecular weight excluding hydrogens is 254 g/mol. The highest BCUT2D eigenvalue weighted by molar-refractivity contribution is 6.31. The van der Waals surface area contributed by atoms with Crippen LogP contribution in [0.2, 0.25) is 5.02 Å². The summed E-state index contributed by atoms with van der Waals surface area (Å²) in [4.78, 5) is 26.0. The molecule has 92 valence electrons. The number of allylic oxidation sites excluding steroid dienone is 2. The Morgan fingerprint density at radius 3 is 2.83 bits per heavy atom. The van der Waals surface area contributed by atoms with Crippen molar-refractivity contribution in [2.45, 2.75) is 6.92 Å². The molecule has 0 spiro atoms. The number of aromatic amines is 1. The molecule has 5 heteroatoms. The lowest BCUT2D eigenvalue weighted by Crippen LogP contribution is -2.16. The van der Waals surface area contributed by atoms with Gasteiger partial charge in [0, 0.05) is 10.4 Å². The van der Waals surface area contributed by atoms with E-state index >= 15 is 0 Å². The number of nitrogens with one attached hydrogen (secondary N) is 1. The first-order valence-electron chi connectivity index (χ1n) is 5.26. The van der Waals surface area contributed by atoms with Gasteiger partial charge in [-0.3, -0.25) is 9.59 Å². The summed E-state index contributed by atoms with van der Waals surface area (Å²) in [5.41, 5.74) is -0.466. The molecule has 4 nitrogen and oxygen atoms in total. The number of H-pyrrole nitrogens is 1. The number of ketones is 1. The highest BCUT2D eigenvalue weighted by atomic mass is 35.5. The number of aromatic nitrogens is 1. The molecule has 1 aromatic heterocycles. The van der Waals surface area contributed by atoms with Gasteiger partial charge < -0.3 is 10.1 Å². The Bertz CT molecular complexity index is 716. The smallest absolute Gasteiger partial charge is 0.263 e. The summed E-state index contributed by atoms with van der Waals surface area (Å²) < 4.78 is 0. The Morgan fingerprint density at radius 1 is 1.44 bits per heavy atom. The number of carbonyl (C=O) groups excluding carboxylic acids is 1. The van der Waals surface area contributed by atoms with Crippen molar-refractivity contribution in [3.05, 3.63) is 51.3 Å². The molecule has 0 radical (unpaired) electrons. The Balaban J connectivity index is 2.83. The Hall–Kier alpha value is -2.07. The third-order valence-corrected chi connectivity index (χ3v) is 2.75. The van der Waals surface area contributed by atoms with E-state index in [4.69, 9.17) is 11.6 Å². The second-order valence-corrected chi connectivity index (χ2v) is 4.17. The molecule has 0 aliphatic rings. The van der Waals surface area contributed by atoms with Crippen LogP contribution in [0.25, 0.3) is 10.9 Å². The van der Waals surface area contributed by atoms with Crippen LogP contribution in [0, 0.1) is 0 Å². The molecule has 18 heavy (non-hydrogen) atoms. The molecule has 0 fully saturated rings. The second-order valence-electron chi connectivity index (χ2n) is 3.73. The van der Waals surface area contributed by atoms with Crippen LogP contribution < -0.4 is 5.56 Å². The number of benzene rings is 1. The van der Waals surface area contributed by atoms with Crippen LogP contribution in [0.4, 0.5) is 0 Å². The number of rotatable bonds is 2. The first kappa shape index (κ1) is 12.4. The SMILES string of the molecule is C/C=C/C(=O)c1c(O)c2cc(Cl)ccc2[nH]c1=O. The number of halogens is 1. The van der Waals surface area contributed by atoms with E-state index in [1.54, 1.807) is 19.1 Å². The summed E-state index contributed by atoms with van der Waals surface area (Å²) in [5, 5.41) is 10.8. The highest BCUT2D eigenvalue weighted by Gasteiger charge is 2.16. The van der Waals surface area contributed by atoms with Crippen LogP contribution in [0.15, 0.2) is 35.1 Å². The van der Waals surface area contributed by atoms with E-state index in [-0.39, 0.29) is 11.3 Å². The van der Waals surface area contributed by atoms with E-state index in [1.807, 2.05) is 0 Å². The molecule has 0 aliphatic carbocycles. The van der Waals surface area contributed by atoms with E-state index in [1.165, 1.54) is 18.2 Å². The maximum Gasteiger partial charge on any atom is 0.263 e. The van der Waals surface area contributed by atoms with Gasteiger partial charge in [-0.2, -0.15) is 0 Å². The molecule has 2 rings (SSSR count). The minimum absolute atomic E-state index is 0.275. The largest absolute Gasteiger partial charge is 0.506 e. The fourth-order valence-corrected chi connectivity index (χ4v) is 1.88. The van der Waals surface area contributed by atoms with Gasteiger partial charge in [0.25, 0.3) is 5.56 Å². The average Bonchev–Trinajstić information content (AvgIpc) is 2.31. The maximum absolute atomic E-state index is 11.8. The summed E-state index contributed by atoms with van der Waals surface area (Å²) in [6.07, 6.45) is 2.73. The van der Waals surface area contributed by atoms with Gasteiger partial charge in [-0.1, -0.05) is 17.7 Å². The molecule has 0 atom stereocenters. The van der Waals surface area contributed by atoms with Crippen molar-refractivity contribution in [2.24, 2.45) is 0 Å². The van der Waals surface area contributed by atoms with Crippen LogP contribution in [0.5, 0.6) is 5.75 Å². The molecule has 0 bridgehead atoms. The van der Waals surface area contributed by atoms with E-state index in [2.05, 4.69) is 4.98 Å². The van der Waals surface area contributed by atoms with Gasteiger partial charge in [0.2, 0.25) is 0 Å². The van der Waals surface area contributed by atoms with E-state index < -0.39 is 11.3 Å². The monoisotopic (exact) mass is 263 g/mol. The number of fused-ring (bicyclic) bond motifs is 1. The lowest BCUT2D eigenvalue weighted by Gasteiger charge is -2.05. The number of aromatic hydroxyl groups is 1. The molecule has 0 aliphatic heterocycles. The van der Waals surface area contributed by atoms with Crippen LogP contribution >= 0.6 is 11.6 Å². The van der Waals surface area contributed by atoms with E-state index in [9.17, 15) is 14.7 Å². The summed E-state index contributed by atoms with van der Waals surface area (Å²) in [6.45, 7) is 1.65. The van der Waals surface area contributed by atoms with Crippen molar-refractivity contribution in [3.63, 3.8) is 0 Å². The molecule has 1 aromatic carbocycles. The highest BCUT2D eigenvalue weighted by Crippen LogP contribution is 2.27. The molecule has 0 unspecified atom stereocenters. The third-order valence-electron chi connectivity index (χ3n) is 2.51. The molecule has 0 saturated carbocycles. The zero-order valence-corrected chi connectivity index (χ0v) is 10.3. The predicted molar refractivity (Wildman–Crippen MR) is 70.4 cm³/mol. The van der Waals surface area contributed by atoms with Crippen LogP contribution in [-0.2, 0) is 0 Å². The molecule has 1 heterocycles. The fraction of sp³-hybridized carbons (Fsp3) is 0.0769. The Morgan fingerprint density at radius 2 is 2.17 bits per heavy atom. The average molecular weight is 264 g/mol. The van der Waals surface area contributed by atoms with Gasteiger partial charge in [0.1, 0.15) is 11.3 Å². The number of hydrogen-bond acceptors (Lipinski definition) is 3. The zero-order chi connectivity index (χ0) is 13.3. The van der Waals surface area contributed by atoms with E-state index in [0.29, 0.717) is 15.9 Å². The zero-order valence-electron chi connectivity index (χ0n) is 9.53. The fourth-order valence-electron chi connectivity index (χ4n) is 1.71. The van der Waals surface area contributed by atoms with Crippen LogP contribution in [0.1, 0.15) is 17.3 Å². The van der Waals surface area contributed by atoms with Gasteiger partial charge in [-0.15, -0.1) is 0 Å². The number of carbonyl (C=O) groups is 1. The molecule has 0 saturated heterocycles. The van der Waals surface area contributed by atoms with Crippen molar-refractivity contribution < 1.29 is 9.90 Å². The molecule has 0 amide bonds. The van der Waals surface area contributed by atoms with Crippen LogP contribution in [0.3, 0.4) is 0 Å². The van der Waals surface area contributed by atoms with Crippen molar-refractivity contribution in [2.75, 3.05) is 0 Å².